The lowest BCUT2D eigenvalue weighted by atomic mass is 9.96. The van der Waals surface area contributed by atoms with Crippen LogP contribution in [0.25, 0.3) is 10.9 Å². The molecule has 1 saturated heterocycles. The molecule has 5 heteroatoms. The minimum absolute atomic E-state index is 0.223. The number of aromatic nitrogens is 1. The lowest BCUT2D eigenvalue weighted by Crippen LogP contribution is -2.46. The van der Waals surface area contributed by atoms with Crippen molar-refractivity contribution in [2.75, 3.05) is 11.4 Å². The third-order valence-corrected chi connectivity index (χ3v) is 4.22. The van der Waals surface area contributed by atoms with Crippen LogP contribution in [0.1, 0.15) is 30.1 Å². The molecule has 0 spiro atoms. The van der Waals surface area contributed by atoms with E-state index in [0.717, 1.165) is 36.0 Å². The molecule has 0 aliphatic carbocycles. The molecule has 1 aromatic carbocycles. The van der Waals surface area contributed by atoms with Crippen molar-refractivity contribution >= 4 is 22.5 Å². The summed E-state index contributed by atoms with van der Waals surface area (Å²) in [4.78, 5) is 18.4. The zero-order valence-corrected chi connectivity index (χ0v) is 12.1. The summed E-state index contributed by atoms with van der Waals surface area (Å²) in [5.74, 6) is -0.440. The van der Waals surface area contributed by atoms with Crippen molar-refractivity contribution in [3.63, 3.8) is 0 Å². The number of carbonyl (C=O) groups excluding carboxylic acids is 1. The van der Waals surface area contributed by atoms with Gasteiger partial charge in [-0.25, -0.2) is 0 Å². The number of nitrogens with zero attached hydrogens (tertiary/aromatic N) is 2. The number of primary amides is 1. The molecule has 2 unspecified atom stereocenters. The van der Waals surface area contributed by atoms with E-state index in [4.69, 9.17) is 11.5 Å². The van der Waals surface area contributed by atoms with Gasteiger partial charge in [0.05, 0.1) is 16.8 Å². The fourth-order valence-electron chi connectivity index (χ4n) is 3.16. The summed E-state index contributed by atoms with van der Waals surface area (Å²) in [6.07, 6.45) is 3.41. The number of hydrogen-bond donors (Lipinski definition) is 2. The van der Waals surface area contributed by atoms with Gasteiger partial charge in [0.15, 0.2) is 0 Å². The van der Waals surface area contributed by atoms with E-state index in [0.29, 0.717) is 5.56 Å². The van der Waals surface area contributed by atoms with Crippen LogP contribution in [0.15, 0.2) is 30.5 Å². The van der Waals surface area contributed by atoms with Crippen molar-refractivity contribution in [1.82, 2.24) is 4.98 Å². The Morgan fingerprint density at radius 3 is 2.86 bits per heavy atom. The van der Waals surface area contributed by atoms with Crippen molar-refractivity contribution in [3.8, 4) is 0 Å². The predicted molar refractivity (Wildman–Crippen MR) is 84.3 cm³/mol. The van der Waals surface area contributed by atoms with Gasteiger partial charge >= 0.3 is 0 Å². The maximum atomic E-state index is 11.8. The summed E-state index contributed by atoms with van der Waals surface area (Å²) in [5.41, 5.74) is 13.9. The van der Waals surface area contributed by atoms with E-state index in [1.165, 1.54) is 0 Å². The number of nitrogens with two attached hydrogens (primary N) is 2. The van der Waals surface area contributed by atoms with Crippen LogP contribution >= 0.6 is 0 Å². The largest absolute Gasteiger partial charge is 0.367 e. The highest BCUT2D eigenvalue weighted by Crippen LogP contribution is 2.33. The fourth-order valence-corrected chi connectivity index (χ4v) is 3.16. The molecule has 3 rings (SSSR count). The first-order valence-corrected chi connectivity index (χ1v) is 7.27. The zero-order valence-electron chi connectivity index (χ0n) is 12.1. The number of rotatable bonds is 2. The van der Waals surface area contributed by atoms with E-state index >= 15 is 0 Å². The highest BCUT2D eigenvalue weighted by molar-refractivity contribution is 6.06. The molecule has 5 nitrogen and oxygen atoms in total. The Bertz CT molecular complexity index is 685. The monoisotopic (exact) mass is 284 g/mol. The Balaban J connectivity index is 2.19. The fraction of sp³-hybridized carbons (Fsp3) is 0.375. The van der Waals surface area contributed by atoms with Gasteiger partial charge in [0.2, 0.25) is 0 Å². The number of piperidine rings is 1. The van der Waals surface area contributed by atoms with Crippen LogP contribution < -0.4 is 16.4 Å². The normalized spacial score (nSPS) is 22.5. The average Bonchev–Trinajstić information content (AvgIpc) is 2.46. The van der Waals surface area contributed by atoms with Crippen LogP contribution in [0.5, 0.6) is 0 Å². The number of anilines is 1. The van der Waals surface area contributed by atoms with Crippen molar-refractivity contribution < 1.29 is 4.79 Å². The minimum atomic E-state index is -0.440. The molecule has 4 N–H and O–H groups in total. The molecule has 110 valence electrons. The zero-order chi connectivity index (χ0) is 15.0. The van der Waals surface area contributed by atoms with Gasteiger partial charge in [-0.2, -0.15) is 0 Å². The summed E-state index contributed by atoms with van der Waals surface area (Å²) in [6.45, 7) is 2.97. The summed E-state index contributed by atoms with van der Waals surface area (Å²) in [6, 6.07) is 8.34. The molecule has 1 aliphatic rings. The SMILES string of the molecule is CC1CC(N)CCN1c1c(C(N)=O)cnc2ccccc12. The molecule has 2 heterocycles. The number of amides is 1. The number of hydrogen-bond acceptors (Lipinski definition) is 4. The van der Waals surface area contributed by atoms with Crippen LogP contribution in [-0.4, -0.2) is 29.5 Å². The minimum Gasteiger partial charge on any atom is -0.367 e. The smallest absolute Gasteiger partial charge is 0.252 e. The number of pyridine rings is 1. The Morgan fingerprint density at radius 2 is 2.14 bits per heavy atom. The third kappa shape index (κ3) is 2.45. The summed E-state index contributed by atoms with van der Waals surface area (Å²) >= 11 is 0. The van der Waals surface area contributed by atoms with E-state index in [2.05, 4.69) is 16.8 Å². The van der Waals surface area contributed by atoms with Crippen LogP contribution in [0.4, 0.5) is 5.69 Å². The lowest BCUT2D eigenvalue weighted by Gasteiger charge is -2.39. The Kier molecular flexibility index (Phi) is 3.51. The van der Waals surface area contributed by atoms with E-state index < -0.39 is 5.91 Å². The standard InChI is InChI=1S/C16H20N4O/c1-10-8-11(17)6-7-20(10)15-12-4-2-3-5-14(12)19-9-13(15)16(18)21/h2-5,9-11H,6-8,17H2,1H3,(H2,18,21). The molecule has 0 radical (unpaired) electrons. The van der Waals surface area contributed by atoms with Crippen LogP contribution in [0, 0.1) is 0 Å². The molecule has 1 aromatic heterocycles. The van der Waals surface area contributed by atoms with Crippen molar-refractivity contribution in [3.05, 3.63) is 36.0 Å². The van der Waals surface area contributed by atoms with Gasteiger partial charge in [-0.3, -0.25) is 9.78 Å². The van der Waals surface area contributed by atoms with Gasteiger partial charge in [0, 0.05) is 30.2 Å². The Morgan fingerprint density at radius 1 is 1.38 bits per heavy atom. The lowest BCUT2D eigenvalue weighted by molar-refractivity contribution is 0.100. The van der Waals surface area contributed by atoms with Gasteiger partial charge in [-0.15, -0.1) is 0 Å². The summed E-state index contributed by atoms with van der Waals surface area (Å²) < 4.78 is 0. The molecule has 21 heavy (non-hydrogen) atoms. The maximum absolute atomic E-state index is 11.8. The van der Waals surface area contributed by atoms with Crippen LogP contribution in [0.2, 0.25) is 0 Å². The van der Waals surface area contributed by atoms with E-state index in [-0.39, 0.29) is 12.1 Å². The second kappa shape index (κ2) is 5.33. The van der Waals surface area contributed by atoms with E-state index in [1.807, 2.05) is 24.3 Å². The maximum Gasteiger partial charge on any atom is 0.252 e. The van der Waals surface area contributed by atoms with Crippen molar-refractivity contribution in [2.24, 2.45) is 11.5 Å². The first kappa shape index (κ1) is 13.8. The Hall–Kier alpha value is -2.14. The molecular weight excluding hydrogens is 264 g/mol. The highest BCUT2D eigenvalue weighted by Gasteiger charge is 2.27. The number of benzene rings is 1. The second-order valence-corrected chi connectivity index (χ2v) is 5.73. The van der Waals surface area contributed by atoms with Crippen LogP contribution in [-0.2, 0) is 0 Å². The molecule has 1 amide bonds. The van der Waals surface area contributed by atoms with Gasteiger partial charge < -0.3 is 16.4 Å². The van der Waals surface area contributed by atoms with Gasteiger partial charge in [-0.1, -0.05) is 18.2 Å². The Labute approximate surface area is 123 Å². The molecule has 1 fully saturated rings. The average molecular weight is 284 g/mol. The number of carbonyl (C=O) groups is 1. The van der Waals surface area contributed by atoms with Gasteiger partial charge in [0.1, 0.15) is 0 Å². The first-order chi connectivity index (χ1) is 10.1. The number of para-hydroxylation sites is 1. The highest BCUT2D eigenvalue weighted by atomic mass is 16.1. The summed E-state index contributed by atoms with van der Waals surface area (Å²) in [5, 5.41) is 0.969. The van der Waals surface area contributed by atoms with Gasteiger partial charge in [-0.05, 0) is 25.8 Å². The van der Waals surface area contributed by atoms with E-state index in [9.17, 15) is 4.79 Å². The first-order valence-electron chi connectivity index (χ1n) is 7.27. The molecule has 0 bridgehead atoms. The van der Waals surface area contributed by atoms with E-state index in [1.54, 1.807) is 6.20 Å². The predicted octanol–water partition coefficient (Wildman–Crippen LogP) is 1.65. The van der Waals surface area contributed by atoms with Crippen LogP contribution in [0.3, 0.4) is 0 Å². The molecular formula is C16H20N4O. The topological polar surface area (TPSA) is 85.2 Å². The quantitative estimate of drug-likeness (QED) is 0.878. The third-order valence-electron chi connectivity index (χ3n) is 4.22. The molecule has 0 saturated carbocycles. The molecule has 2 atom stereocenters. The molecule has 1 aliphatic heterocycles. The molecule has 2 aromatic rings. The second-order valence-electron chi connectivity index (χ2n) is 5.73. The number of fused-ring (bicyclic) bond motifs is 1. The summed E-state index contributed by atoms with van der Waals surface area (Å²) in [7, 11) is 0. The van der Waals surface area contributed by atoms with Gasteiger partial charge in [0.25, 0.3) is 5.91 Å². The van der Waals surface area contributed by atoms with Crippen molar-refractivity contribution in [1.29, 1.82) is 0 Å². The van der Waals surface area contributed by atoms with Crippen molar-refractivity contribution in [2.45, 2.75) is 31.8 Å².